The first kappa shape index (κ1) is 8.59. The Hall–Kier alpha value is -0.510. The van der Waals surface area contributed by atoms with Crippen LogP contribution in [0.25, 0.3) is 0 Å². The summed E-state index contributed by atoms with van der Waals surface area (Å²) in [4.78, 5) is 0. The van der Waals surface area contributed by atoms with Crippen molar-refractivity contribution in [3.8, 4) is 0 Å². The third kappa shape index (κ3) is 1.74. The van der Waals surface area contributed by atoms with Crippen LogP contribution in [0.1, 0.15) is 20.8 Å². The van der Waals surface area contributed by atoms with E-state index in [1.807, 2.05) is 4.57 Å². The molecule has 0 saturated heterocycles. The highest BCUT2D eigenvalue weighted by Crippen LogP contribution is 2.21. The molecule has 0 aliphatic heterocycles. The van der Waals surface area contributed by atoms with Gasteiger partial charge in [0.2, 0.25) is 0 Å². The zero-order valence-electron chi connectivity index (χ0n) is 7.03. The Balaban J connectivity index is 3.02. The predicted molar refractivity (Wildman–Crippen MR) is 46.2 cm³/mol. The van der Waals surface area contributed by atoms with Crippen LogP contribution in [0.2, 0.25) is 0 Å². The summed E-state index contributed by atoms with van der Waals surface area (Å²) < 4.78 is 2.00. The molecule has 0 fully saturated rings. The molecule has 1 heterocycles. The van der Waals surface area contributed by atoms with Gasteiger partial charge in [0.1, 0.15) is 6.33 Å². The molecule has 0 bridgehead atoms. The van der Waals surface area contributed by atoms with E-state index in [-0.39, 0.29) is 5.54 Å². The summed E-state index contributed by atoms with van der Waals surface area (Å²) >= 11 is 1.37. The Morgan fingerprint density at radius 2 is 2.18 bits per heavy atom. The molecule has 1 radical (unpaired) electrons. The number of aromatic nitrogens is 3. The van der Waals surface area contributed by atoms with Crippen molar-refractivity contribution in [2.24, 2.45) is 0 Å². The summed E-state index contributed by atoms with van der Waals surface area (Å²) in [6, 6.07) is 0. The predicted octanol–water partition coefficient (Wildman–Crippen LogP) is 1.92. The van der Waals surface area contributed by atoms with E-state index < -0.39 is 0 Å². The quantitative estimate of drug-likeness (QED) is 0.603. The number of rotatable bonds is 1. The van der Waals surface area contributed by atoms with Gasteiger partial charge >= 0.3 is 0 Å². The monoisotopic (exact) mass is 170 g/mol. The van der Waals surface area contributed by atoms with Crippen LogP contribution >= 0.6 is 11.8 Å². The fraction of sp³-hybridized carbons (Fsp3) is 0.571. The van der Waals surface area contributed by atoms with Crippen LogP contribution in [0, 0.1) is 6.26 Å². The molecule has 0 aliphatic rings. The van der Waals surface area contributed by atoms with Gasteiger partial charge in [-0.1, -0.05) is 11.8 Å². The third-order valence-electron chi connectivity index (χ3n) is 1.37. The van der Waals surface area contributed by atoms with Crippen LogP contribution in [-0.2, 0) is 5.54 Å². The molecule has 11 heavy (non-hydrogen) atoms. The minimum atomic E-state index is 0.0452. The van der Waals surface area contributed by atoms with Crippen molar-refractivity contribution in [2.45, 2.75) is 31.5 Å². The highest BCUT2D eigenvalue weighted by atomic mass is 32.2. The highest BCUT2D eigenvalue weighted by Gasteiger charge is 2.16. The lowest BCUT2D eigenvalue weighted by molar-refractivity contribution is 0.367. The smallest absolute Gasteiger partial charge is 0.191 e. The second-order valence-corrected chi connectivity index (χ2v) is 3.95. The van der Waals surface area contributed by atoms with Crippen LogP contribution in [-0.4, -0.2) is 14.8 Å². The molecule has 0 aliphatic carbocycles. The van der Waals surface area contributed by atoms with Crippen molar-refractivity contribution in [1.82, 2.24) is 14.8 Å². The molecular formula is C7H12N3S. The molecule has 0 spiro atoms. The van der Waals surface area contributed by atoms with Crippen molar-refractivity contribution < 1.29 is 0 Å². The average molecular weight is 170 g/mol. The van der Waals surface area contributed by atoms with Gasteiger partial charge in [-0.3, -0.25) is 0 Å². The van der Waals surface area contributed by atoms with Gasteiger partial charge in [-0.25, -0.2) is 0 Å². The van der Waals surface area contributed by atoms with Crippen molar-refractivity contribution in [2.75, 3.05) is 0 Å². The summed E-state index contributed by atoms with van der Waals surface area (Å²) in [6.45, 7) is 6.32. The Labute approximate surface area is 71.2 Å². The minimum absolute atomic E-state index is 0.0452. The second-order valence-electron chi connectivity index (χ2n) is 3.30. The third-order valence-corrected chi connectivity index (χ3v) is 1.90. The van der Waals surface area contributed by atoms with Crippen LogP contribution in [0.3, 0.4) is 0 Å². The van der Waals surface area contributed by atoms with Gasteiger partial charge in [0.15, 0.2) is 5.16 Å². The van der Waals surface area contributed by atoms with Gasteiger partial charge in [-0.15, -0.1) is 10.2 Å². The normalized spacial score (nSPS) is 12.0. The van der Waals surface area contributed by atoms with E-state index in [1.165, 1.54) is 11.8 Å². The first-order valence-electron chi connectivity index (χ1n) is 3.38. The summed E-state index contributed by atoms with van der Waals surface area (Å²) in [5.74, 6) is 0. The summed E-state index contributed by atoms with van der Waals surface area (Å²) in [6.07, 6.45) is 5.43. The van der Waals surface area contributed by atoms with E-state index >= 15 is 0 Å². The Bertz CT molecular complexity index is 236. The van der Waals surface area contributed by atoms with E-state index in [4.69, 9.17) is 0 Å². The van der Waals surface area contributed by atoms with Crippen LogP contribution in [0.5, 0.6) is 0 Å². The molecule has 4 heteroatoms. The van der Waals surface area contributed by atoms with E-state index in [0.29, 0.717) is 0 Å². The molecule has 0 N–H and O–H groups in total. The fourth-order valence-corrected chi connectivity index (χ4v) is 1.35. The highest BCUT2D eigenvalue weighted by molar-refractivity contribution is 8.00. The molecule has 0 atom stereocenters. The second kappa shape index (κ2) is 2.85. The van der Waals surface area contributed by atoms with Crippen molar-refractivity contribution >= 4 is 11.8 Å². The minimum Gasteiger partial charge on any atom is -0.303 e. The van der Waals surface area contributed by atoms with E-state index in [2.05, 4.69) is 37.2 Å². The van der Waals surface area contributed by atoms with Crippen molar-refractivity contribution in [3.63, 3.8) is 0 Å². The topological polar surface area (TPSA) is 30.7 Å². The van der Waals surface area contributed by atoms with Gasteiger partial charge in [-0.05, 0) is 20.8 Å². The first-order valence-corrected chi connectivity index (χ1v) is 4.37. The Morgan fingerprint density at radius 3 is 2.55 bits per heavy atom. The molecule has 1 rings (SSSR count). The maximum Gasteiger partial charge on any atom is 0.191 e. The molecule has 1 aromatic rings. The maximum atomic E-state index is 3.91. The molecule has 0 saturated carbocycles. The van der Waals surface area contributed by atoms with Crippen LogP contribution in [0.15, 0.2) is 11.5 Å². The van der Waals surface area contributed by atoms with E-state index in [9.17, 15) is 0 Å². The standard InChI is InChI=1S/C7H12N3S/c1-7(2,3)10-5-8-9-6(10)11-4/h5H,4H2,1-3H3. The van der Waals surface area contributed by atoms with Crippen LogP contribution in [0.4, 0.5) is 0 Å². The number of thioether (sulfide) groups is 1. The Kier molecular flexibility index (Phi) is 2.23. The Morgan fingerprint density at radius 1 is 1.55 bits per heavy atom. The van der Waals surface area contributed by atoms with Gasteiger partial charge in [0, 0.05) is 11.8 Å². The number of nitrogens with zero attached hydrogens (tertiary/aromatic N) is 3. The van der Waals surface area contributed by atoms with Gasteiger partial charge in [0.05, 0.1) is 0 Å². The molecule has 3 nitrogen and oxygen atoms in total. The molecule has 0 unspecified atom stereocenters. The molecule has 1 aromatic heterocycles. The van der Waals surface area contributed by atoms with Crippen molar-refractivity contribution in [3.05, 3.63) is 12.6 Å². The van der Waals surface area contributed by atoms with Gasteiger partial charge in [0.25, 0.3) is 0 Å². The largest absolute Gasteiger partial charge is 0.303 e. The lowest BCUT2D eigenvalue weighted by Gasteiger charge is -2.21. The average Bonchev–Trinajstić information content (AvgIpc) is 2.31. The van der Waals surface area contributed by atoms with Crippen molar-refractivity contribution in [1.29, 1.82) is 0 Å². The number of hydrogen-bond donors (Lipinski definition) is 0. The van der Waals surface area contributed by atoms with Gasteiger partial charge in [-0.2, -0.15) is 0 Å². The molecular weight excluding hydrogens is 158 g/mol. The van der Waals surface area contributed by atoms with Gasteiger partial charge < -0.3 is 4.57 Å². The lowest BCUT2D eigenvalue weighted by atomic mass is 10.1. The zero-order chi connectivity index (χ0) is 8.48. The number of hydrogen-bond acceptors (Lipinski definition) is 3. The first-order chi connectivity index (χ1) is 5.05. The zero-order valence-corrected chi connectivity index (χ0v) is 7.85. The summed E-state index contributed by atoms with van der Waals surface area (Å²) in [5.41, 5.74) is 0.0452. The van der Waals surface area contributed by atoms with E-state index in [0.717, 1.165) is 5.16 Å². The molecule has 61 valence electrons. The molecule has 0 aromatic carbocycles. The fourth-order valence-electron chi connectivity index (χ4n) is 0.783. The SMILES string of the molecule is [CH2]Sc1nncn1C(C)(C)C. The molecule has 0 amide bonds. The summed E-state index contributed by atoms with van der Waals surface area (Å²) in [7, 11) is 0. The summed E-state index contributed by atoms with van der Waals surface area (Å²) in [5, 5.41) is 8.58. The van der Waals surface area contributed by atoms with E-state index in [1.54, 1.807) is 6.33 Å². The lowest BCUT2D eigenvalue weighted by Crippen LogP contribution is -2.21. The maximum absolute atomic E-state index is 3.91. The van der Waals surface area contributed by atoms with Crippen LogP contribution < -0.4 is 0 Å².